The van der Waals surface area contributed by atoms with Gasteiger partial charge in [0.05, 0.1) is 10.7 Å². The zero-order valence-electron chi connectivity index (χ0n) is 9.06. The number of anilines is 2. The average Bonchev–Trinajstić information content (AvgIpc) is 2.33. The maximum Gasteiger partial charge on any atom is 0.123 e. The number of halogens is 1. The van der Waals surface area contributed by atoms with Gasteiger partial charge in [-0.3, -0.25) is 0 Å². The van der Waals surface area contributed by atoms with Crippen molar-refractivity contribution in [2.45, 2.75) is 10.6 Å². The number of thioether (sulfide) groups is 1. The predicted octanol–water partition coefficient (Wildman–Crippen LogP) is 3.19. The highest BCUT2D eigenvalue weighted by Gasteiger charge is 2.00. The van der Waals surface area contributed by atoms with Crippen molar-refractivity contribution < 1.29 is 0 Å². The second kappa shape index (κ2) is 5.29. The van der Waals surface area contributed by atoms with Gasteiger partial charge in [0.25, 0.3) is 0 Å². The lowest BCUT2D eigenvalue weighted by Crippen LogP contribution is -1.90. The van der Waals surface area contributed by atoms with Crippen LogP contribution in [0.3, 0.4) is 0 Å². The van der Waals surface area contributed by atoms with Gasteiger partial charge in [-0.25, -0.2) is 4.98 Å². The van der Waals surface area contributed by atoms with Crippen LogP contribution in [-0.4, -0.2) is 4.98 Å². The minimum absolute atomic E-state index is 0.536. The molecule has 0 aliphatic rings. The van der Waals surface area contributed by atoms with Crippen LogP contribution in [0.5, 0.6) is 0 Å². The topological polar surface area (TPSA) is 64.9 Å². The Morgan fingerprint density at radius 3 is 2.65 bits per heavy atom. The third-order valence-electron chi connectivity index (χ3n) is 2.23. The van der Waals surface area contributed by atoms with E-state index >= 15 is 0 Å². The summed E-state index contributed by atoms with van der Waals surface area (Å²) in [7, 11) is 0. The molecule has 4 N–H and O–H groups in total. The molecule has 0 amide bonds. The molecular formula is C12H12ClN3S. The monoisotopic (exact) mass is 265 g/mol. The van der Waals surface area contributed by atoms with Crippen molar-refractivity contribution in [2.24, 2.45) is 0 Å². The van der Waals surface area contributed by atoms with E-state index in [0.29, 0.717) is 16.5 Å². The molecule has 5 heteroatoms. The fraction of sp³-hybridized carbons (Fsp3) is 0.0833. The summed E-state index contributed by atoms with van der Waals surface area (Å²) in [5, 5.41) is 0.588. The van der Waals surface area contributed by atoms with E-state index in [4.69, 9.17) is 23.1 Å². The highest BCUT2D eigenvalue weighted by molar-refractivity contribution is 7.98. The quantitative estimate of drug-likeness (QED) is 0.661. The first-order valence-corrected chi connectivity index (χ1v) is 6.40. The van der Waals surface area contributed by atoms with Crippen molar-refractivity contribution in [3.63, 3.8) is 0 Å². The first kappa shape index (κ1) is 12.1. The number of rotatable bonds is 3. The average molecular weight is 266 g/mol. The Kier molecular flexibility index (Phi) is 3.76. The first-order chi connectivity index (χ1) is 8.15. The van der Waals surface area contributed by atoms with E-state index in [-0.39, 0.29) is 0 Å². The van der Waals surface area contributed by atoms with Crippen molar-refractivity contribution >= 4 is 34.9 Å². The largest absolute Gasteiger partial charge is 0.398 e. The molecule has 3 nitrogen and oxygen atoms in total. The molecule has 0 saturated carbocycles. The standard InChI is InChI=1S/C12H12ClN3S/c13-10-5-9(2-3-11(10)14)17-7-8-1-4-12(15)16-6-8/h1-6H,7,14H2,(H2,15,16). The van der Waals surface area contributed by atoms with Crippen molar-refractivity contribution in [1.82, 2.24) is 4.98 Å². The van der Waals surface area contributed by atoms with Gasteiger partial charge in [0.2, 0.25) is 0 Å². The van der Waals surface area contributed by atoms with Crippen LogP contribution < -0.4 is 11.5 Å². The van der Waals surface area contributed by atoms with Crippen LogP contribution in [0.1, 0.15) is 5.56 Å². The summed E-state index contributed by atoms with van der Waals surface area (Å²) in [4.78, 5) is 5.13. The number of nitrogens with zero attached hydrogens (tertiary/aromatic N) is 1. The predicted molar refractivity (Wildman–Crippen MR) is 74.1 cm³/mol. The van der Waals surface area contributed by atoms with Crippen molar-refractivity contribution in [3.05, 3.63) is 47.1 Å². The maximum absolute atomic E-state index is 5.95. The van der Waals surface area contributed by atoms with Crippen LogP contribution in [0.4, 0.5) is 11.5 Å². The lowest BCUT2D eigenvalue weighted by atomic mass is 10.3. The second-order valence-corrected chi connectivity index (χ2v) is 5.02. The van der Waals surface area contributed by atoms with Gasteiger partial charge in [0.15, 0.2) is 0 Å². The summed E-state index contributed by atoms with van der Waals surface area (Å²) in [6.07, 6.45) is 1.78. The highest BCUT2D eigenvalue weighted by atomic mass is 35.5. The molecule has 0 radical (unpaired) electrons. The fourth-order valence-electron chi connectivity index (χ4n) is 1.29. The maximum atomic E-state index is 5.95. The molecule has 0 saturated heterocycles. The zero-order valence-corrected chi connectivity index (χ0v) is 10.6. The third-order valence-corrected chi connectivity index (χ3v) is 3.62. The van der Waals surface area contributed by atoms with E-state index < -0.39 is 0 Å². The number of nitrogens with two attached hydrogens (primary N) is 2. The molecule has 0 aliphatic heterocycles. The van der Waals surface area contributed by atoms with Crippen LogP contribution in [0, 0.1) is 0 Å². The molecule has 0 unspecified atom stereocenters. The van der Waals surface area contributed by atoms with Crippen LogP contribution in [-0.2, 0) is 5.75 Å². The molecule has 88 valence electrons. The molecule has 0 atom stereocenters. The van der Waals surface area contributed by atoms with E-state index in [1.807, 2.05) is 24.3 Å². The van der Waals surface area contributed by atoms with Gasteiger partial charge in [0, 0.05) is 16.8 Å². The van der Waals surface area contributed by atoms with Gasteiger partial charge in [-0.05, 0) is 29.8 Å². The first-order valence-electron chi connectivity index (χ1n) is 5.03. The Bertz CT molecular complexity index is 514. The van der Waals surface area contributed by atoms with Gasteiger partial charge in [-0.15, -0.1) is 11.8 Å². The van der Waals surface area contributed by atoms with E-state index in [2.05, 4.69) is 4.98 Å². The number of pyridine rings is 1. The molecule has 0 fully saturated rings. The van der Waals surface area contributed by atoms with E-state index in [1.165, 1.54) is 0 Å². The van der Waals surface area contributed by atoms with Gasteiger partial charge >= 0.3 is 0 Å². The number of hydrogen-bond acceptors (Lipinski definition) is 4. The highest BCUT2D eigenvalue weighted by Crippen LogP contribution is 2.28. The summed E-state index contributed by atoms with van der Waals surface area (Å²) in [6.45, 7) is 0. The van der Waals surface area contributed by atoms with Gasteiger partial charge in [-0.1, -0.05) is 17.7 Å². The Labute approximate surface area is 109 Å². The van der Waals surface area contributed by atoms with E-state index in [9.17, 15) is 0 Å². The minimum atomic E-state index is 0.536. The lowest BCUT2D eigenvalue weighted by Gasteiger charge is -2.04. The van der Waals surface area contributed by atoms with Crippen LogP contribution in [0.2, 0.25) is 5.02 Å². The van der Waals surface area contributed by atoms with E-state index in [0.717, 1.165) is 16.2 Å². The van der Waals surface area contributed by atoms with Crippen molar-refractivity contribution in [1.29, 1.82) is 0 Å². The fourth-order valence-corrected chi connectivity index (χ4v) is 2.40. The summed E-state index contributed by atoms with van der Waals surface area (Å²) in [5.74, 6) is 1.36. The molecular weight excluding hydrogens is 254 g/mol. The van der Waals surface area contributed by atoms with Gasteiger partial charge < -0.3 is 11.5 Å². The van der Waals surface area contributed by atoms with E-state index in [1.54, 1.807) is 24.0 Å². The molecule has 2 rings (SSSR count). The summed E-state index contributed by atoms with van der Waals surface area (Å²) in [5.41, 5.74) is 12.9. The summed E-state index contributed by atoms with van der Waals surface area (Å²) in [6, 6.07) is 9.40. The summed E-state index contributed by atoms with van der Waals surface area (Å²) < 4.78 is 0. The van der Waals surface area contributed by atoms with Gasteiger partial charge in [0.1, 0.15) is 5.82 Å². The lowest BCUT2D eigenvalue weighted by molar-refractivity contribution is 1.26. The zero-order chi connectivity index (χ0) is 12.3. The van der Waals surface area contributed by atoms with Crippen molar-refractivity contribution in [2.75, 3.05) is 11.5 Å². The van der Waals surface area contributed by atoms with Crippen molar-refractivity contribution in [3.8, 4) is 0 Å². The third kappa shape index (κ3) is 3.28. The Morgan fingerprint density at radius 2 is 2.00 bits per heavy atom. The molecule has 0 spiro atoms. The van der Waals surface area contributed by atoms with Crippen LogP contribution in [0.15, 0.2) is 41.4 Å². The molecule has 1 heterocycles. The summed E-state index contributed by atoms with van der Waals surface area (Å²) >= 11 is 7.63. The SMILES string of the molecule is Nc1ccc(CSc2ccc(N)c(Cl)c2)cn1. The molecule has 17 heavy (non-hydrogen) atoms. The van der Waals surface area contributed by atoms with Crippen LogP contribution in [0.25, 0.3) is 0 Å². The Hall–Kier alpha value is -1.39. The molecule has 1 aromatic carbocycles. The van der Waals surface area contributed by atoms with Gasteiger partial charge in [-0.2, -0.15) is 0 Å². The van der Waals surface area contributed by atoms with Crippen LogP contribution >= 0.6 is 23.4 Å². The molecule has 1 aromatic heterocycles. The number of nitrogen functional groups attached to an aromatic ring is 2. The second-order valence-electron chi connectivity index (χ2n) is 3.56. The normalized spacial score (nSPS) is 10.4. The smallest absolute Gasteiger partial charge is 0.123 e. The number of benzene rings is 1. The molecule has 0 aliphatic carbocycles. The Morgan fingerprint density at radius 1 is 1.18 bits per heavy atom. The molecule has 0 bridgehead atoms. The minimum Gasteiger partial charge on any atom is -0.398 e. The number of aromatic nitrogens is 1. The molecule has 2 aromatic rings. The number of hydrogen-bond donors (Lipinski definition) is 2. The Balaban J connectivity index is 2.02.